The zero-order chi connectivity index (χ0) is 15.0. The summed E-state index contributed by atoms with van der Waals surface area (Å²) in [4.78, 5) is 11.1. The molecule has 1 aromatic carbocycles. The summed E-state index contributed by atoms with van der Waals surface area (Å²) < 4.78 is 5.62. The van der Waals surface area contributed by atoms with Crippen LogP contribution in [0.1, 0.15) is 32.3 Å². The summed E-state index contributed by atoms with van der Waals surface area (Å²) in [5.74, 6) is 0.451. The highest BCUT2D eigenvalue weighted by molar-refractivity contribution is 5.73. The monoisotopic (exact) mass is 279 g/mol. The molecule has 112 valence electrons. The second kappa shape index (κ2) is 8.59. The third-order valence-corrected chi connectivity index (χ3v) is 2.98. The van der Waals surface area contributed by atoms with E-state index in [2.05, 4.69) is 5.32 Å². The second-order valence-corrected chi connectivity index (χ2v) is 5.49. The summed E-state index contributed by atoms with van der Waals surface area (Å²) in [6.07, 6.45) is 1.43. The standard InChI is InChI=1S/C16H25NO3/c1-12(2)10-15(16(18)19)17-8-5-9-20-14-7-4-6-13(3)11-14/h4,6-7,11-12,15,17H,5,8-10H2,1-3H3,(H,18,19). The Hall–Kier alpha value is -1.55. The van der Waals surface area contributed by atoms with Crippen LogP contribution in [0.5, 0.6) is 5.75 Å². The predicted octanol–water partition coefficient (Wildman–Crippen LogP) is 2.85. The first-order valence-electron chi connectivity index (χ1n) is 7.14. The average Bonchev–Trinajstić information content (AvgIpc) is 2.36. The predicted molar refractivity (Wildman–Crippen MR) is 80.2 cm³/mol. The van der Waals surface area contributed by atoms with E-state index in [0.29, 0.717) is 25.5 Å². The molecule has 0 aliphatic rings. The number of rotatable bonds is 9. The Labute approximate surface area is 121 Å². The SMILES string of the molecule is Cc1cccc(OCCCNC(CC(C)C)C(=O)O)c1. The Balaban J connectivity index is 2.22. The van der Waals surface area contributed by atoms with E-state index in [1.165, 1.54) is 5.56 Å². The van der Waals surface area contributed by atoms with Gasteiger partial charge in [0.1, 0.15) is 11.8 Å². The van der Waals surface area contributed by atoms with Crippen LogP contribution in [0.25, 0.3) is 0 Å². The maximum atomic E-state index is 11.1. The smallest absolute Gasteiger partial charge is 0.320 e. The molecule has 20 heavy (non-hydrogen) atoms. The van der Waals surface area contributed by atoms with E-state index in [-0.39, 0.29) is 0 Å². The van der Waals surface area contributed by atoms with Crippen molar-refractivity contribution in [3.8, 4) is 5.75 Å². The zero-order valence-corrected chi connectivity index (χ0v) is 12.6. The van der Waals surface area contributed by atoms with E-state index in [0.717, 1.165) is 12.2 Å². The molecule has 4 heteroatoms. The number of benzene rings is 1. The van der Waals surface area contributed by atoms with Crippen molar-refractivity contribution in [2.75, 3.05) is 13.2 Å². The molecule has 0 radical (unpaired) electrons. The molecule has 0 aromatic heterocycles. The van der Waals surface area contributed by atoms with Gasteiger partial charge < -0.3 is 15.2 Å². The highest BCUT2D eigenvalue weighted by Crippen LogP contribution is 2.12. The van der Waals surface area contributed by atoms with Gasteiger partial charge in [0.15, 0.2) is 0 Å². The fourth-order valence-corrected chi connectivity index (χ4v) is 1.99. The molecule has 0 saturated heterocycles. The van der Waals surface area contributed by atoms with Gasteiger partial charge in [-0.15, -0.1) is 0 Å². The van der Waals surface area contributed by atoms with E-state index < -0.39 is 12.0 Å². The maximum Gasteiger partial charge on any atom is 0.320 e. The van der Waals surface area contributed by atoms with Crippen molar-refractivity contribution >= 4 is 5.97 Å². The normalized spacial score (nSPS) is 12.4. The van der Waals surface area contributed by atoms with Crippen molar-refractivity contribution in [3.63, 3.8) is 0 Å². The fraction of sp³-hybridized carbons (Fsp3) is 0.562. The van der Waals surface area contributed by atoms with Gasteiger partial charge in [-0.2, -0.15) is 0 Å². The van der Waals surface area contributed by atoms with Gasteiger partial charge in [-0.1, -0.05) is 26.0 Å². The highest BCUT2D eigenvalue weighted by atomic mass is 16.5. The number of hydrogen-bond acceptors (Lipinski definition) is 3. The van der Waals surface area contributed by atoms with Crippen molar-refractivity contribution in [3.05, 3.63) is 29.8 Å². The van der Waals surface area contributed by atoms with E-state index >= 15 is 0 Å². The van der Waals surface area contributed by atoms with Crippen molar-refractivity contribution in [2.45, 2.75) is 39.7 Å². The van der Waals surface area contributed by atoms with Gasteiger partial charge in [0, 0.05) is 0 Å². The molecule has 4 nitrogen and oxygen atoms in total. The van der Waals surface area contributed by atoms with Crippen LogP contribution in [0.15, 0.2) is 24.3 Å². The summed E-state index contributed by atoms with van der Waals surface area (Å²) in [5.41, 5.74) is 1.17. The molecule has 0 aliphatic carbocycles. The quantitative estimate of drug-likeness (QED) is 0.682. The Bertz CT molecular complexity index is 418. The zero-order valence-electron chi connectivity index (χ0n) is 12.6. The summed E-state index contributed by atoms with van der Waals surface area (Å²) in [7, 11) is 0. The summed E-state index contributed by atoms with van der Waals surface area (Å²) >= 11 is 0. The third kappa shape index (κ3) is 6.57. The molecule has 0 heterocycles. The number of aliphatic carboxylic acids is 1. The Morgan fingerprint density at radius 3 is 2.75 bits per heavy atom. The number of carboxylic acid groups (broad SMARTS) is 1. The van der Waals surface area contributed by atoms with Crippen LogP contribution >= 0.6 is 0 Å². The molecular weight excluding hydrogens is 254 g/mol. The molecule has 0 saturated carbocycles. The number of hydrogen-bond donors (Lipinski definition) is 2. The number of ether oxygens (including phenoxy) is 1. The number of aryl methyl sites for hydroxylation is 1. The first kappa shape index (κ1) is 16.5. The second-order valence-electron chi connectivity index (χ2n) is 5.49. The van der Waals surface area contributed by atoms with E-state index in [1.54, 1.807) is 0 Å². The number of carbonyl (C=O) groups is 1. The fourth-order valence-electron chi connectivity index (χ4n) is 1.99. The molecule has 1 atom stereocenters. The van der Waals surface area contributed by atoms with Crippen LogP contribution in [-0.4, -0.2) is 30.3 Å². The molecule has 0 fully saturated rings. The van der Waals surface area contributed by atoms with Crippen molar-refractivity contribution < 1.29 is 14.6 Å². The molecular formula is C16H25NO3. The molecule has 0 spiro atoms. The lowest BCUT2D eigenvalue weighted by Crippen LogP contribution is -2.38. The average molecular weight is 279 g/mol. The summed E-state index contributed by atoms with van der Waals surface area (Å²) in [6.45, 7) is 7.31. The molecule has 0 amide bonds. The van der Waals surface area contributed by atoms with Crippen LogP contribution in [0.3, 0.4) is 0 Å². The van der Waals surface area contributed by atoms with Crippen molar-refractivity contribution in [1.29, 1.82) is 0 Å². The molecule has 1 unspecified atom stereocenters. The van der Waals surface area contributed by atoms with Crippen LogP contribution in [-0.2, 0) is 4.79 Å². The third-order valence-electron chi connectivity index (χ3n) is 2.98. The van der Waals surface area contributed by atoms with Gasteiger partial charge in [-0.05, 0) is 49.9 Å². The van der Waals surface area contributed by atoms with Crippen LogP contribution in [0.4, 0.5) is 0 Å². The minimum Gasteiger partial charge on any atom is -0.494 e. The van der Waals surface area contributed by atoms with Crippen LogP contribution in [0, 0.1) is 12.8 Å². The lowest BCUT2D eigenvalue weighted by Gasteiger charge is -2.16. The van der Waals surface area contributed by atoms with E-state index in [9.17, 15) is 4.79 Å². The van der Waals surface area contributed by atoms with E-state index in [4.69, 9.17) is 9.84 Å². The van der Waals surface area contributed by atoms with Gasteiger partial charge in [0.2, 0.25) is 0 Å². The molecule has 0 bridgehead atoms. The van der Waals surface area contributed by atoms with Gasteiger partial charge in [0.25, 0.3) is 0 Å². The minimum atomic E-state index is -0.779. The molecule has 1 rings (SSSR count). The topological polar surface area (TPSA) is 58.6 Å². The first-order chi connectivity index (χ1) is 9.49. The molecule has 2 N–H and O–H groups in total. The Morgan fingerprint density at radius 2 is 2.15 bits per heavy atom. The Kier molecular flexibility index (Phi) is 7.09. The van der Waals surface area contributed by atoms with Gasteiger partial charge in [-0.3, -0.25) is 4.79 Å². The number of carboxylic acids is 1. The van der Waals surface area contributed by atoms with Crippen LogP contribution in [0.2, 0.25) is 0 Å². The van der Waals surface area contributed by atoms with Gasteiger partial charge >= 0.3 is 5.97 Å². The molecule has 0 aliphatic heterocycles. The van der Waals surface area contributed by atoms with Crippen molar-refractivity contribution in [2.24, 2.45) is 5.92 Å². The first-order valence-corrected chi connectivity index (χ1v) is 7.14. The lowest BCUT2D eigenvalue weighted by atomic mass is 10.0. The Morgan fingerprint density at radius 1 is 1.40 bits per heavy atom. The minimum absolute atomic E-state index is 0.368. The number of nitrogens with one attached hydrogen (secondary N) is 1. The lowest BCUT2D eigenvalue weighted by molar-refractivity contribution is -0.139. The van der Waals surface area contributed by atoms with Gasteiger partial charge in [-0.25, -0.2) is 0 Å². The maximum absolute atomic E-state index is 11.1. The van der Waals surface area contributed by atoms with Crippen molar-refractivity contribution in [1.82, 2.24) is 5.32 Å². The van der Waals surface area contributed by atoms with Gasteiger partial charge in [0.05, 0.1) is 6.61 Å². The highest BCUT2D eigenvalue weighted by Gasteiger charge is 2.17. The van der Waals surface area contributed by atoms with E-state index in [1.807, 2.05) is 45.0 Å². The summed E-state index contributed by atoms with van der Waals surface area (Å²) in [5, 5.41) is 12.2. The largest absolute Gasteiger partial charge is 0.494 e. The van der Waals surface area contributed by atoms with Crippen LogP contribution < -0.4 is 10.1 Å². The molecule has 1 aromatic rings. The summed E-state index contributed by atoms with van der Waals surface area (Å²) in [6, 6.07) is 7.45.